The molecule has 0 unspecified atom stereocenters. The van der Waals surface area contributed by atoms with Gasteiger partial charge in [0.1, 0.15) is 10.8 Å². The molecule has 6 nitrogen and oxygen atoms in total. The molecule has 0 spiro atoms. The van der Waals surface area contributed by atoms with Crippen LogP contribution in [0.5, 0.6) is 0 Å². The van der Waals surface area contributed by atoms with Crippen molar-refractivity contribution in [1.29, 1.82) is 0 Å². The minimum Gasteiger partial charge on any atom is -0.372 e. The van der Waals surface area contributed by atoms with Crippen molar-refractivity contribution in [2.45, 2.75) is 32.5 Å². The molecule has 3 aromatic heterocycles. The Morgan fingerprint density at radius 1 is 1.25 bits per heavy atom. The number of carbonyl (C=O) groups excluding carboxylic acids is 1. The molecule has 1 aliphatic rings. The highest BCUT2D eigenvalue weighted by atomic mass is 32.1. The fraction of sp³-hybridized carbons (Fsp3) is 0.350. The average molecular weight is 415 g/mol. The zero-order chi connectivity index (χ0) is 19.5. The van der Waals surface area contributed by atoms with Crippen molar-refractivity contribution in [1.82, 2.24) is 9.97 Å². The van der Waals surface area contributed by atoms with E-state index in [0.717, 1.165) is 35.2 Å². The topological polar surface area (TPSA) is 67.4 Å². The monoisotopic (exact) mass is 414 g/mol. The molecule has 0 radical (unpaired) electrons. The summed E-state index contributed by atoms with van der Waals surface area (Å²) in [5, 5.41) is 9.88. The van der Waals surface area contributed by atoms with E-state index >= 15 is 0 Å². The van der Waals surface area contributed by atoms with Gasteiger partial charge in [0.25, 0.3) is 0 Å². The number of nitrogens with one attached hydrogen (secondary N) is 1. The Morgan fingerprint density at radius 3 is 2.75 bits per heavy atom. The van der Waals surface area contributed by atoms with E-state index in [4.69, 9.17) is 4.74 Å². The van der Waals surface area contributed by atoms with Gasteiger partial charge in [0, 0.05) is 29.4 Å². The summed E-state index contributed by atoms with van der Waals surface area (Å²) in [4.78, 5) is 23.6. The first-order chi connectivity index (χ1) is 13.6. The van der Waals surface area contributed by atoms with Crippen LogP contribution >= 0.6 is 22.7 Å². The summed E-state index contributed by atoms with van der Waals surface area (Å²) in [5.41, 5.74) is 2.58. The lowest BCUT2D eigenvalue weighted by Gasteiger charge is -2.36. The van der Waals surface area contributed by atoms with Crippen LogP contribution in [0.1, 0.15) is 19.5 Å². The molecule has 4 heterocycles. The summed E-state index contributed by atoms with van der Waals surface area (Å²) in [5.74, 6) is 0.810. The predicted molar refractivity (Wildman–Crippen MR) is 114 cm³/mol. The van der Waals surface area contributed by atoms with Gasteiger partial charge in [-0.25, -0.2) is 9.97 Å². The number of carbonyl (C=O) groups is 1. The van der Waals surface area contributed by atoms with Crippen LogP contribution in [-0.2, 0) is 16.0 Å². The lowest BCUT2D eigenvalue weighted by atomic mass is 10.2. The first-order valence-electron chi connectivity index (χ1n) is 9.20. The summed E-state index contributed by atoms with van der Waals surface area (Å²) in [6.07, 6.45) is 2.32. The van der Waals surface area contributed by atoms with Gasteiger partial charge in [0.2, 0.25) is 5.91 Å². The van der Waals surface area contributed by atoms with E-state index in [1.165, 1.54) is 0 Å². The van der Waals surface area contributed by atoms with Gasteiger partial charge in [-0.2, -0.15) is 11.3 Å². The summed E-state index contributed by atoms with van der Waals surface area (Å²) in [7, 11) is 0. The second-order valence-corrected chi connectivity index (χ2v) is 8.59. The number of aromatic nitrogens is 2. The maximum Gasteiger partial charge on any atom is 0.230 e. The lowest BCUT2D eigenvalue weighted by molar-refractivity contribution is -0.115. The second-order valence-electron chi connectivity index (χ2n) is 6.95. The summed E-state index contributed by atoms with van der Waals surface area (Å²) in [6.45, 7) is 5.78. The Labute approximate surface area is 172 Å². The number of hydrogen-bond donors (Lipinski definition) is 1. The van der Waals surface area contributed by atoms with Gasteiger partial charge in [-0.15, -0.1) is 11.3 Å². The molecule has 2 atom stereocenters. The van der Waals surface area contributed by atoms with Crippen molar-refractivity contribution >= 4 is 40.1 Å². The van der Waals surface area contributed by atoms with Gasteiger partial charge in [-0.3, -0.25) is 4.79 Å². The molecule has 1 amide bonds. The van der Waals surface area contributed by atoms with Crippen molar-refractivity contribution in [2.24, 2.45) is 0 Å². The molecule has 1 aliphatic heterocycles. The number of thiophene rings is 1. The summed E-state index contributed by atoms with van der Waals surface area (Å²) in [6, 6.07) is 5.87. The van der Waals surface area contributed by atoms with Gasteiger partial charge < -0.3 is 15.0 Å². The smallest absolute Gasteiger partial charge is 0.230 e. The summed E-state index contributed by atoms with van der Waals surface area (Å²) < 4.78 is 5.77. The molecule has 28 heavy (non-hydrogen) atoms. The fourth-order valence-electron chi connectivity index (χ4n) is 3.29. The first kappa shape index (κ1) is 19.0. The highest BCUT2D eigenvalue weighted by molar-refractivity contribution is 7.14. The van der Waals surface area contributed by atoms with Crippen molar-refractivity contribution in [3.05, 3.63) is 46.2 Å². The molecule has 0 bridgehead atoms. The van der Waals surface area contributed by atoms with Crippen LogP contribution in [0.25, 0.3) is 10.6 Å². The summed E-state index contributed by atoms with van der Waals surface area (Å²) >= 11 is 3.20. The third-order valence-corrected chi connectivity index (χ3v) is 6.06. The van der Waals surface area contributed by atoms with E-state index in [9.17, 15) is 4.79 Å². The second kappa shape index (κ2) is 8.38. The number of amides is 1. The van der Waals surface area contributed by atoms with Crippen LogP contribution in [0.2, 0.25) is 0 Å². The number of rotatable bonds is 5. The van der Waals surface area contributed by atoms with Crippen LogP contribution in [0.4, 0.5) is 11.5 Å². The highest BCUT2D eigenvalue weighted by Gasteiger charge is 2.23. The van der Waals surface area contributed by atoms with Gasteiger partial charge in [0.05, 0.1) is 36.2 Å². The molecule has 1 fully saturated rings. The van der Waals surface area contributed by atoms with Crippen LogP contribution in [0.15, 0.2) is 40.5 Å². The fourth-order valence-corrected chi connectivity index (χ4v) is 4.82. The Balaban J connectivity index is 1.34. The first-order valence-corrected chi connectivity index (χ1v) is 11.0. The standard InChI is InChI=1S/C20H22N4O2S2/c1-13-9-24(10-14(2)26-13)18-4-3-16(8-21-18)22-19(25)7-17-12-28-20(23-17)15-5-6-27-11-15/h3-6,8,11-14H,7,9-10H2,1-2H3,(H,22,25)/t13-,14-/m1/s1. The number of hydrogen-bond acceptors (Lipinski definition) is 7. The van der Waals surface area contributed by atoms with E-state index in [2.05, 4.69) is 39.4 Å². The largest absolute Gasteiger partial charge is 0.372 e. The molecule has 0 saturated carbocycles. The SMILES string of the molecule is C[C@@H]1CN(c2ccc(NC(=O)Cc3csc(-c4ccsc4)n3)cn2)C[C@@H](C)O1. The molecule has 4 rings (SSSR count). The molecule has 0 aromatic carbocycles. The van der Waals surface area contributed by atoms with Gasteiger partial charge in [0.15, 0.2) is 0 Å². The van der Waals surface area contributed by atoms with Gasteiger partial charge in [-0.1, -0.05) is 0 Å². The Hall–Kier alpha value is -2.29. The van der Waals surface area contributed by atoms with E-state index in [-0.39, 0.29) is 24.5 Å². The van der Waals surface area contributed by atoms with Crippen LogP contribution in [-0.4, -0.2) is 41.2 Å². The number of nitrogens with zero attached hydrogens (tertiary/aromatic N) is 3. The minimum atomic E-state index is -0.0923. The third-order valence-electron chi connectivity index (χ3n) is 4.44. The molecular formula is C20H22N4O2S2. The lowest BCUT2D eigenvalue weighted by Crippen LogP contribution is -2.45. The zero-order valence-corrected chi connectivity index (χ0v) is 17.4. The quantitative estimate of drug-likeness (QED) is 0.682. The van der Waals surface area contributed by atoms with Crippen molar-refractivity contribution in [3.8, 4) is 10.6 Å². The highest BCUT2D eigenvalue weighted by Crippen LogP contribution is 2.26. The average Bonchev–Trinajstić information content (AvgIpc) is 3.33. The maximum absolute atomic E-state index is 12.4. The minimum absolute atomic E-state index is 0.0923. The van der Waals surface area contributed by atoms with Crippen molar-refractivity contribution < 1.29 is 9.53 Å². The van der Waals surface area contributed by atoms with Gasteiger partial charge in [-0.05, 0) is 37.4 Å². The van der Waals surface area contributed by atoms with E-state index < -0.39 is 0 Å². The maximum atomic E-state index is 12.4. The number of ether oxygens (including phenoxy) is 1. The van der Waals surface area contributed by atoms with Crippen molar-refractivity contribution in [3.63, 3.8) is 0 Å². The van der Waals surface area contributed by atoms with Gasteiger partial charge >= 0.3 is 0 Å². The van der Waals surface area contributed by atoms with E-state index in [1.54, 1.807) is 28.9 Å². The van der Waals surface area contributed by atoms with Crippen molar-refractivity contribution in [2.75, 3.05) is 23.3 Å². The molecule has 1 N–H and O–H groups in total. The Kier molecular flexibility index (Phi) is 5.70. The Morgan fingerprint density at radius 2 is 2.07 bits per heavy atom. The zero-order valence-electron chi connectivity index (χ0n) is 15.8. The van der Waals surface area contributed by atoms with E-state index in [1.807, 2.05) is 29.0 Å². The van der Waals surface area contributed by atoms with Crippen LogP contribution in [0, 0.1) is 0 Å². The molecule has 3 aromatic rings. The third kappa shape index (κ3) is 4.57. The molecule has 1 saturated heterocycles. The number of anilines is 2. The van der Waals surface area contributed by atoms with Crippen LogP contribution < -0.4 is 10.2 Å². The molecular weight excluding hydrogens is 392 g/mol. The molecule has 8 heteroatoms. The molecule has 0 aliphatic carbocycles. The van der Waals surface area contributed by atoms with Crippen LogP contribution in [0.3, 0.4) is 0 Å². The Bertz CT molecular complexity index is 914. The predicted octanol–water partition coefficient (Wildman–Crippen LogP) is 4.06. The number of pyridine rings is 1. The number of morpholine rings is 1. The number of thiazole rings is 1. The normalized spacial score (nSPS) is 19.6. The molecule has 146 valence electrons. The van der Waals surface area contributed by atoms with E-state index in [0.29, 0.717) is 5.69 Å².